The van der Waals surface area contributed by atoms with E-state index in [2.05, 4.69) is 35.1 Å². The molecule has 0 atom stereocenters. The van der Waals surface area contributed by atoms with Gasteiger partial charge in [-0.3, -0.25) is 0 Å². The van der Waals surface area contributed by atoms with Gasteiger partial charge in [-0.2, -0.15) is 0 Å². The first kappa shape index (κ1) is 8.88. The van der Waals surface area contributed by atoms with Crippen molar-refractivity contribution in [3.05, 3.63) is 22.7 Å². The molecule has 3 heteroatoms. The fourth-order valence-corrected chi connectivity index (χ4v) is 1.88. The van der Waals surface area contributed by atoms with E-state index in [0.29, 0.717) is 0 Å². The van der Waals surface area contributed by atoms with Gasteiger partial charge in [-0.05, 0) is 41.9 Å². The lowest BCUT2D eigenvalue weighted by atomic mass is 10.1. The van der Waals surface area contributed by atoms with Crippen LogP contribution in [0.15, 0.2) is 22.7 Å². The quantitative estimate of drug-likeness (QED) is 0.754. The average molecular weight is 242 g/mol. The van der Waals surface area contributed by atoms with E-state index in [1.807, 2.05) is 18.2 Å². The van der Waals surface area contributed by atoms with Crippen LogP contribution < -0.4 is 10.1 Å². The second-order valence-corrected chi connectivity index (χ2v) is 4.68. The number of fused-ring (bicyclic) bond motifs is 1. The summed E-state index contributed by atoms with van der Waals surface area (Å²) in [5, 5.41) is 3.35. The maximum atomic E-state index is 5.81. The van der Waals surface area contributed by atoms with Crippen LogP contribution in [-0.4, -0.2) is 12.1 Å². The van der Waals surface area contributed by atoms with E-state index >= 15 is 0 Å². The van der Waals surface area contributed by atoms with Gasteiger partial charge in [0.25, 0.3) is 0 Å². The van der Waals surface area contributed by atoms with Crippen molar-refractivity contribution in [1.29, 1.82) is 0 Å². The highest BCUT2D eigenvalue weighted by Gasteiger charge is 2.26. The fraction of sp³-hybridized carbons (Fsp3) is 0.400. The summed E-state index contributed by atoms with van der Waals surface area (Å²) in [7, 11) is 0. The molecule has 0 aromatic heterocycles. The van der Waals surface area contributed by atoms with E-state index in [1.54, 1.807) is 0 Å². The van der Waals surface area contributed by atoms with E-state index in [0.717, 1.165) is 22.5 Å². The Kier molecular flexibility index (Phi) is 1.99. The molecule has 1 aliphatic rings. The Labute approximate surface area is 86.4 Å². The molecule has 0 spiro atoms. The van der Waals surface area contributed by atoms with Crippen LogP contribution in [0.5, 0.6) is 5.75 Å². The standard InChI is InChI=1S/C10H12BrNO/c1-10(2)6-12-9-7(11)4-3-5-8(9)13-10/h3-5,12H,6H2,1-2H3. The first-order chi connectivity index (χ1) is 6.08. The topological polar surface area (TPSA) is 21.3 Å². The number of rotatable bonds is 0. The predicted molar refractivity (Wildman–Crippen MR) is 57.3 cm³/mol. The van der Waals surface area contributed by atoms with Crippen molar-refractivity contribution in [3.8, 4) is 5.75 Å². The van der Waals surface area contributed by atoms with Crippen molar-refractivity contribution in [1.82, 2.24) is 0 Å². The lowest BCUT2D eigenvalue weighted by Gasteiger charge is -2.33. The number of hydrogen-bond donors (Lipinski definition) is 1. The van der Waals surface area contributed by atoms with E-state index in [1.165, 1.54) is 0 Å². The Balaban J connectivity index is 2.42. The normalized spacial score (nSPS) is 18.4. The highest BCUT2D eigenvalue weighted by Crippen LogP contribution is 2.37. The first-order valence-corrected chi connectivity index (χ1v) is 5.09. The smallest absolute Gasteiger partial charge is 0.144 e. The molecule has 1 aromatic carbocycles. The zero-order valence-corrected chi connectivity index (χ0v) is 9.31. The molecule has 0 amide bonds. The fourth-order valence-electron chi connectivity index (χ4n) is 1.40. The van der Waals surface area contributed by atoms with Crippen LogP contribution in [0.1, 0.15) is 13.8 Å². The van der Waals surface area contributed by atoms with Crippen LogP contribution in [0, 0.1) is 0 Å². The van der Waals surface area contributed by atoms with Gasteiger partial charge < -0.3 is 10.1 Å². The van der Waals surface area contributed by atoms with Crippen molar-refractivity contribution in [2.45, 2.75) is 19.4 Å². The van der Waals surface area contributed by atoms with Gasteiger partial charge in [0.2, 0.25) is 0 Å². The molecule has 1 heterocycles. The van der Waals surface area contributed by atoms with E-state index in [9.17, 15) is 0 Å². The Morgan fingerprint density at radius 2 is 2.23 bits per heavy atom. The van der Waals surface area contributed by atoms with Crippen LogP contribution in [-0.2, 0) is 0 Å². The molecule has 1 N–H and O–H groups in total. The number of hydrogen-bond acceptors (Lipinski definition) is 2. The van der Waals surface area contributed by atoms with Gasteiger partial charge >= 0.3 is 0 Å². The van der Waals surface area contributed by atoms with E-state index in [4.69, 9.17) is 4.74 Å². The number of benzene rings is 1. The second kappa shape index (κ2) is 2.91. The molecule has 2 rings (SSSR count). The third kappa shape index (κ3) is 1.66. The molecule has 1 aromatic rings. The maximum absolute atomic E-state index is 5.81. The molecule has 13 heavy (non-hydrogen) atoms. The molecule has 0 unspecified atom stereocenters. The Bertz CT molecular complexity index is 336. The van der Waals surface area contributed by atoms with Crippen LogP contribution in [0.4, 0.5) is 5.69 Å². The summed E-state index contributed by atoms with van der Waals surface area (Å²) in [6.07, 6.45) is 0. The number of para-hydroxylation sites is 1. The van der Waals surface area contributed by atoms with Gasteiger partial charge in [-0.25, -0.2) is 0 Å². The first-order valence-electron chi connectivity index (χ1n) is 4.30. The molecule has 0 saturated heterocycles. The number of ether oxygens (including phenoxy) is 1. The summed E-state index contributed by atoms with van der Waals surface area (Å²) in [5.74, 6) is 0.922. The zero-order chi connectivity index (χ0) is 9.47. The molecule has 0 fully saturated rings. The lowest BCUT2D eigenvalue weighted by Crippen LogP contribution is -2.40. The van der Waals surface area contributed by atoms with Crippen molar-refractivity contribution < 1.29 is 4.74 Å². The van der Waals surface area contributed by atoms with Gasteiger partial charge in [0, 0.05) is 4.47 Å². The van der Waals surface area contributed by atoms with Crippen LogP contribution >= 0.6 is 15.9 Å². The van der Waals surface area contributed by atoms with Gasteiger partial charge in [-0.1, -0.05) is 6.07 Å². The molecule has 1 aliphatic heterocycles. The van der Waals surface area contributed by atoms with Crippen molar-refractivity contribution in [2.75, 3.05) is 11.9 Å². The summed E-state index contributed by atoms with van der Waals surface area (Å²) in [4.78, 5) is 0. The van der Waals surface area contributed by atoms with Gasteiger partial charge in [0.05, 0.1) is 12.2 Å². The summed E-state index contributed by atoms with van der Waals surface area (Å²) < 4.78 is 6.86. The Morgan fingerprint density at radius 1 is 1.46 bits per heavy atom. The summed E-state index contributed by atoms with van der Waals surface area (Å²) in [5.41, 5.74) is 0.940. The van der Waals surface area contributed by atoms with Crippen molar-refractivity contribution in [2.24, 2.45) is 0 Å². The van der Waals surface area contributed by atoms with Gasteiger partial charge in [0.15, 0.2) is 0 Å². The average Bonchev–Trinajstić information content (AvgIpc) is 2.02. The van der Waals surface area contributed by atoms with Gasteiger partial charge in [0.1, 0.15) is 11.4 Å². The summed E-state index contributed by atoms with van der Waals surface area (Å²) in [6, 6.07) is 5.97. The minimum absolute atomic E-state index is 0.117. The number of halogens is 1. The molecular weight excluding hydrogens is 230 g/mol. The SMILES string of the molecule is CC1(C)CNc2c(Br)cccc2O1. The van der Waals surface area contributed by atoms with Gasteiger partial charge in [-0.15, -0.1) is 0 Å². The zero-order valence-electron chi connectivity index (χ0n) is 7.73. The third-order valence-electron chi connectivity index (χ3n) is 2.05. The highest BCUT2D eigenvalue weighted by atomic mass is 79.9. The molecule has 2 nitrogen and oxygen atoms in total. The highest BCUT2D eigenvalue weighted by molar-refractivity contribution is 9.10. The predicted octanol–water partition coefficient (Wildman–Crippen LogP) is 3.03. The minimum atomic E-state index is -0.117. The molecular formula is C10H12BrNO. The minimum Gasteiger partial charge on any atom is -0.484 e. The molecule has 0 radical (unpaired) electrons. The Hall–Kier alpha value is -0.700. The van der Waals surface area contributed by atoms with Crippen molar-refractivity contribution >= 4 is 21.6 Å². The maximum Gasteiger partial charge on any atom is 0.144 e. The second-order valence-electron chi connectivity index (χ2n) is 3.83. The van der Waals surface area contributed by atoms with E-state index in [-0.39, 0.29) is 5.60 Å². The lowest BCUT2D eigenvalue weighted by molar-refractivity contribution is 0.116. The molecule has 0 saturated carbocycles. The molecule has 70 valence electrons. The molecule has 0 aliphatic carbocycles. The Morgan fingerprint density at radius 3 is 3.00 bits per heavy atom. The largest absolute Gasteiger partial charge is 0.484 e. The van der Waals surface area contributed by atoms with Crippen molar-refractivity contribution in [3.63, 3.8) is 0 Å². The van der Waals surface area contributed by atoms with Crippen LogP contribution in [0.25, 0.3) is 0 Å². The molecule has 0 bridgehead atoms. The summed E-state index contributed by atoms with van der Waals surface area (Å²) >= 11 is 3.48. The number of nitrogens with one attached hydrogen (secondary N) is 1. The van der Waals surface area contributed by atoms with Crippen LogP contribution in [0.3, 0.4) is 0 Å². The van der Waals surface area contributed by atoms with E-state index < -0.39 is 0 Å². The summed E-state index contributed by atoms with van der Waals surface area (Å²) in [6.45, 7) is 4.98. The number of anilines is 1. The van der Waals surface area contributed by atoms with Crippen LogP contribution in [0.2, 0.25) is 0 Å². The third-order valence-corrected chi connectivity index (χ3v) is 2.71. The monoisotopic (exact) mass is 241 g/mol.